The summed E-state index contributed by atoms with van der Waals surface area (Å²) < 4.78 is 5.70. The number of aryl methyl sites for hydroxylation is 1. The minimum absolute atomic E-state index is 0.0551. The highest BCUT2D eigenvalue weighted by molar-refractivity contribution is 5.99. The van der Waals surface area contributed by atoms with Crippen molar-refractivity contribution in [2.24, 2.45) is 11.8 Å². The number of carbonyl (C=O) groups excluding carboxylic acids is 2. The van der Waals surface area contributed by atoms with Crippen LogP contribution in [-0.4, -0.2) is 60.1 Å². The predicted molar refractivity (Wildman–Crippen MR) is 130 cm³/mol. The summed E-state index contributed by atoms with van der Waals surface area (Å²) in [7, 11) is 1.80. The first kappa shape index (κ1) is 23.3. The van der Waals surface area contributed by atoms with Gasteiger partial charge in [-0.25, -0.2) is 4.79 Å². The van der Waals surface area contributed by atoms with Crippen LogP contribution in [0.4, 0.5) is 10.5 Å². The van der Waals surface area contributed by atoms with Crippen molar-refractivity contribution >= 4 is 17.7 Å². The molecule has 2 fully saturated rings. The van der Waals surface area contributed by atoms with Crippen molar-refractivity contribution in [3.05, 3.63) is 65.7 Å². The zero-order chi connectivity index (χ0) is 23.8. The molecule has 0 saturated carbocycles. The highest BCUT2D eigenvalue weighted by Gasteiger charge is 2.53. The second kappa shape index (κ2) is 9.18. The lowest BCUT2D eigenvalue weighted by molar-refractivity contribution is -0.123. The Balaban J connectivity index is 1.57. The topological polar surface area (TPSA) is 53.1 Å². The highest BCUT2D eigenvalue weighted by atomic mass is 16.6. The summed E-state index contributed by atoms with van der Waals surface area (Å²) in [6.07, 6.45) is -0.400. The van der Waals surface area contributed by atoms with E-state index in [0.29, 0.717) is 6.54 Å². The number of amides is 2. The Kier molecular flexibility index (Phi) is 6.48. The number of fused-ring (bicyclic) bond motifs is 1. The summed E-state index contributed by atoms with van der Waals surface area (Å²) in [5.41, 5.74) is 2.59. The molecule has 2 aromatic rings. The number of likely N-dealkylation sites (N-methyl/N-ethyl adjacent to an activating group) is 1. The molecule has 0 aliphatic carbocycles. The first-order valence-corrected chi connectivity index (χ1v) is 11.7. The molecule has 0 N–H and O–H groups in total. The number of carbonyl (C=O) groups is 2. The quantitative estimate of drug-likeness (QED) is 0.697. The lowest BCUT2D eigenvalue weighted by atomic mass is 9.93. The van der Waals surface area contributed by atoms with Gasteiger partial charge in [0.1, 0.15) is 11.6 Å². The zero-order valence-corrected chi connectivity index (χ0v) is 20.3. The van der Waals surface area contributed by atoms with Crippen LogP contribution >= 0.6 is 0 Å². The van der Waals surface area contributed by atoms with Crippen LogP contribution in [0.5, 0.6) is 0 Å². The van der Waals surface area contributed by atoms with Gasteiger partial charge in [0.05, 0.1) is 0 Å². The van der Waals surface area contributed by atoms with Gasteiger partial charge in [-0.15, -0.1) is 0 Å². The van der Waals surface area contributed by atoms with E-state index in [1.165, 1.54) is 5.56 Å². The molecule has 2 aromatic carbocycles. The molecule has 4 rings (SSSR count). The van der Waals surface area contributed by atoms with Crippen molar-refractivity contribution in [1.29, 1.82) is 0 Å². The van der Waals surface area contributed by atoms with Crippen LogP contribution in [0.2, 0.25) is 0 Å². The average Bonchev–Trinajstić information content (AvgIpc) is 3.29. The SMILES string of the molecule is Cc1cccc(N(C)C(=O)C2C3CN(Cc4ccccc4)CC3CN2C(=O)OC(C)(C)C)c1. The van der Waals surface area contributed by atoms with Crippen LogP contribution in [-0.2, 0) is 16.1 Å². The van der Waals surface area contributed by atoms with Gasteiger partial charge in [-0.1, -0.05) is 42.5 Å². The number of ether oxygens (including phenoxy) is 1. The molecule has 6 nitrogen and oxygen atoms in total. The second-order valence-electron chi connectivity index (χ2n) is 10.4. The number of hydrogen-bond acceptors (Lipinski definition) is 4. The van der Waals surface area contributed by atoms with E-state index in [1.54, 1.807) is 16.8 Å². The molecule has 0 aromatic heterocycles. The van der Waals surface area contributed by atoms with Gasteiger partial charge in [-0.2, -0.15) is 0 Å². The van der Waals surface area contributed by atoms with E-state index >= 15 is 0 Å². The summed E-state index contributed by atoms with van der Waals surface area (Å²) in [6.45, 7) is 10.7. The van der Waals surface area contributed by atoms with Crippen LogP contribution in [0.15, 0.2) is 54.6 Å². The Bertz CT molecular complexity index is 1000. The van der Waals surface area contributed by atoms with Crippen molar-refractivity contribution in [3.8, 4) is 0 Å². The van der Waals surface area contributed by atoms with E-state index in [4.69, 9.17) is 4.74 Å². The van der Waals surface area contributed by atoms with E-state index in [1.807, 2.05) is 58.0 Å². The van der Waals surface area contributed by atoms with Gasteiger partial charge >= 0.3 is 6.09 Å². The summed E-state index contributed by atoms with van der Waals surface area (Å²) in [5, 5.41) is 0. The van der Waals surface area contributed by atoms with E-state index in [9.17, 15) is 9.59 Å². The van der Waals surface area contributed by atoms with Crippen LogP contribution in [0.1, 0.15) is 31.9 Å². The van der Waals surface area contributed by atoms with Crippen molar-refractivity contribution < 1.29 is 14.3 Å². The third-order valence-electron chi connectivity index (χ3n) is 6.59. The van der Waals surface area contributed by atoms with Crippen molar-refractivity contribution in [3.63, 3.8) is 0 Å². The molecule has 0 spiro atoms. The van der Waals surface area contributed by atoms with Gasteiger partial charge in [0.15, 0.2) is 0 Å². The van der Waals surface area contributed by atoms with Crippen molar-refractivity contribution in [1.82, 2.24) is 9.80 Å². The zero-order valence-electron chi connectivity index (χ0n) is 20.3. The molecule has 2 amide bonds. The van der Waals surface area contributed by atoms with Gasteiger partial charge in [0.25, 0.3) is 0 Å². The molecular weight excluding hydrogens is 414 g/mol. The molecule has 2 aliphatic heterocycles. The van der Waals surface area contributed by atoms with E-state index < -0.39 is 17.7 Å². The molecule has 2 heterocycles. The normalized spacial score (nSPS) is 22.8. The Morgan fingerprint density at radius 2 is 1.76 bits per heavy atom. The molecule has 2 aliphatic rings. The predicted octanol–water partition coefficient (Wildman–Crippen LogP) is 4.33. The molecule has 0 bridgehead atoms. The van der Waals surface area contributed by atoms with Gasteiger partial charge in [-0.05, 0) is 56.9 Å². The number of anilines is 1. The molecular formula is C27H35N3O3. The van der Waals surface area contributed by atoms with E-state index in [-0.39, 0.29) is 17.7 Å². The molecule has 2 saturated heterocycles. The number of likely N-dealkylation sites (tertiary alicyclic amines) is 2. The van der Waals surface area contributed by atoms with Gasteiger partial charge in [0, 0.05) is 44.8 Å². The van der Waals surface area contributed by atoms with E-state index in [2.05, 4.69) is 29.2 Å². The number of nitrogens with zero attached hydrogens (tertiary/aromatic N) is 3. The van der Waals surface area contributed by atoms with Crippen LogP contribution in [0, 0.1) is 18.8 Å². The summed E-state index contributed by atoms with van der Waals surface area (Å²) in [5.74, 6) is 0.280. The largest absolute Gasteiger partial charge is 0.444 e. The smallest absolute Gasteiger partial charge is 0.410 e. The Morgan fingerprint density at radius 1 is 1.03 bits per heavy atom. The highest BCUT2D eigenvalue weighted by Crippen LogP contribution is 2.39. The summed E-state index contributed by atoms with van der Waals surface area (Å²) in [4.78, 5) is 32.7. The van der Waals surface area contributed by atoms with E-state index in [0.717, 1.165) is 30.9 Å². The Morgan fingerprint density at radius 3 is 2.42 bits per heavy atom. The molecule has 6 heteroatoms. The maximum atomic E-state index is 13.8. The van der Waals surface area contributed by atoms with Gasteiger partial charge < -0.3 is 9.64 Å². The second-order valence-corrected chi connectivity index (χ2v) is 10.4. The van der Waals surface area contributed by atoms with Crippen LogP contribution in [0.3, 0.4) is 0 Å². The lowest BCUT2D eigenvalue weighted by Gasteiger charge is -2.33. The number of benzene rings is 2. The molecule has 3 unspecified atom stereocenters. The molecule has 0 radical (unpaired) electrons. The van der Waals surface area contributed by atoms with Crippen LogP contribution < -0.4 is 4.90 Å². The fourth-order valence-corrected chi connectivity index (χ4v) is 5.09. The fraction of sp³-hybridized carbons (Fsp3) is 0.481. The summed E-state index contributed by atoms with van der Waals surface area (Å²) in [6, 6.07) is 17.8. The fourth-order valence-electron chi connectivity index (χ4n) is 5.09. The summed E-state index contributed by atoms with van der Waals surface area (Å²) >= 11 is 0. The van der Waals surface area contributed by atoms with Gasteiger partial charge in [0.2, 0.25) is 5.91 Å². The third kappa shape index (κ3) is 5.22. The Labute approximate surface area is 197 Å². The minimum atomic E-state index is -0.607. The standard InChI is InChI=1S/C27H35N3O3/c1-19-10-9-13-22(14-19)28(5)25(31)24-23-18-29(15-20-11-7-6-8-12-20)16-21(23)17-30(24)26(32)33-27(2,3)4/h6-14,21,23-24H,15-18H2,1-5H3. The maximum absolute atomic E-state index is 13.8. The van der Waals surface area contributed by atoms with Crippen molar-refractivity contribution in [2.45, 2.75) is 45.9 Å². The first-order valence-electron chi connectivity index (χ1n) is 11.7. The lowest BCUT2D eigenvalue weighted by Crippen LogP contribution is -2.51. The molecule has 176 valence electrons. The minimum Gasteiger partial charge on any atom is -0.444 e. The first-order chi connectivity index (χ1) is 15.6. The van der Waals surface area contributed by atoms with Crippen molar-refractivity contribution in [2.75, 3.05) is 31.6 Å². The maximum Gasteiger partial charge on any atom is 0.410 e. The number of hydrogen-bond donors (Lipinski definition) is 0. The monoisotopic (exact) mass is 449 g/mol. The average molecular weight is 450 g/mol. The third-order valence-corrected chi connectivity index (χ3v) is 6.59. The van der Waals surface area contributed by atoms with Crippen LogP contribution in [0.25, 0.3) is 0 Å². The Hall–Kier alpha value is -2.86. The molecule has 33 heavy (non-hydrogen) atoms. The van der Waals surface area contributed by atoms with Gasteiger partial charge in [-0.3, -0.25) is 14.6 Å². The number of rotatable bonds is 4. The molecule has 3 atom stereocenters.